The summed E-state index contributed by atoms with van der Waals surface area (Å²) in [5.74, 6) is -0.502. The first kappa shape index (κ1) is 37.5. The largest absolute Gasteiger partial charge is 0.416 e. The number of alkyl halides is 6. The standard InChI is InChI=1S/C12H14F3N3O.C7H9B2F3N2O2.C6H9NO/c1-11(2,12(13,14)15)19-7-5-9-8-18-10(17-9)4-3-6-16-18;1-16-3-2-14-5(15)13-4(6(14,8)9)7(10,11)12;1-4(2)5(3)6(7)8/h3-4,6,8H,5,7H2,1-2H3;4H,2-3H2,1H3,(H,13,15);1,3H2,2H3,(H2,7,8). The van der Waals surface area contributed by atoms with Gasteiger partial charge in [0.1, 0.15) is 6.04 Å². The molecular weight excluding hydrogens is 584 g/mol. The summed E-state index contributed by atoms with van der Waals surface area (Å²) < 4.78 is 86.3. The van der Waals surface area contributed by atoms with E-state index in [1.807, 2.05) is 0 Å². The first-order valence-electron chi connectivity index (χ1n) is 12.4. The van der Waals surface area contributed by atoms with Gasteiger partial charge in [-0.2, -0.15) is 31.4 Å². The molecule has 0 bridgehead atoms. The van der Waals surface area contributed by atoms with Crippen LogP contribution in [0.1, 0.15) is 26.5 Å². The van der Waals surface area contributed by atoms with Gasteiger partial charge in [-0.05, 0) is 43.8 Å². The molecule has 1 aliphatic heterocycles. The summed E-state index contributed by atoms with van der Waals surface area (Å²) >= 11 is 0. The third-order valence-electron chi connectivity index (χ3n) is 5.89. The van der Waals surface area contributed by atoms with Gasteiger partial charge in [0.05, 0.1) is 40.8 Å². The lowest BCUT2D eigenvalue weighted by atomic mass is 9.57. The Morgan fingerprint density at radius 2 is 1.79 bits per heavy atom. The van der Waals surface area contributed by atoms with E-state index in [-0.39, 0.29) is 19.8 Å². The fourth-order valence-corrected chi connectivity index (χ4v) is 3.17. The number of carbonyl (C=O) groups excluding carboxylic acids is 2. The predicted molar refractivity (Wildman–Crippen MR) is 147 cm³/mol. The van der Waals surface area contributed by atoms with Gasteiger partial charge in [0.25, 0.3) is 0 Å². The van der Waals surface area contributed by atoms with Crippen LogP contribution in [0.15, 0.2) is 48.8 Å². The van der Waals surface area contributed by atoms with Crippen LogP contribution in [0.2, 0.25) is 0 Å². The highest BCUT2D eigenvalue weighted by Gasteiger charge is 2.57. The number of carbonyl (C=O) groups is 2. The molecule has 0 spiro atoms. The van der Waals surface area contributed by atoms with E-state index < -0.39 is 41.3 Å². The highest BCUT2D eigenvalue weighted by Crippen LogP contribution is 2.33. The number of amides is 3. The van der Waals surface area contributed by atoms with Gasteiger partial charge in [0, 0.05) is 31.8 Å². The minimum atomic E-state index is -4.69. The Kier molecular flexibility index (Phi) is 12.9. The number of hydrogen-bond acceptors (Lipinski definition) is 6. The van der Waals surface area contributed by atoms with Crippen molar-refractivity contribution in [1.82, 2.24) is 24.8 Å². The molecule has 0 aliphatic carbocycles. The Morgan fingerprint density at radius 3 is 2.21 bits per heavy atom. The van der Waals surface area contributed by atoms with Gasteiger partial charge in [0.15, 0.2) is 11.2 Å². The second-order valence-corrected chi connectivity index (χ2v) is 9.74. The Hall–Kier alpha value is -3.53. The average Bonchev–Trinajstić information content (AvgIpc) is 3.38. The summed E-state index contributed by atoms with van der Waals surface area (Å²) in [6.07, 6.45) is -5.47. The van der Waals surface area contributed by atoms with Crippen molar-refractivity contribution in [3.05, 3.63) is 54.5 Å². The van der Waals surface area contributed by atoms with Gasteiger partial charge in [-0.1, -0.05) is 13.2 Å². The summed E-state index contributed by atoms with van der Waals surface area (Å²) in [6, 6.07) is 0.278. The van der Waals surface area contributed by atoms with Crippen LogP contribution in [-0.4, -0.2) is 103 Å². The molecule has 4 radical (unpaired) electrons. The molecule has 1 unspecified atom stereocenters. The smallest absolute Gasteiger partial charge is 0.383 e. The number of rotatable bonds is 9. The van der Waals surface area contributed by atoms with Crippen molar-refractivity contribution in [2.45, 2.75) is 56.5 Å². The van der Waals surface area contributed by atoms with Gasteiger partial charge < -0.3 is 25.4 Å². The molecule has 1 saturated heterocycles. The third kappa shape index (κ3) is 10.6. The average molecular weight is 616 g/mol. The van der Waals surface area contributed by atoms with Gasteiger partial charge in [0.2, 0.25) is 5.91 Å². The Bertz CT molecular complexity index is 1230. The number of hydrogen-bond donors (Lipinski definition) is 2. The molecule has 0 saturated carbocycles. The van der Waals surface area contributed by atoms with Gasteiger partial charge in [-0.15, -0.1) is 0 Å². The van der Waals surface area contributed by atoms with E-state index in [0.29, 0.717) is 33.8 Å². The molecule has 3 N–H and O–H groups in total. The summed E-state index contributed by atoms with van der Waals surface area (Å²) in [6.45, 7) is 10.5. The highest BCUT2D eigenvalue weighted by atomic mass is 19.4. The second-order valence-electron chi connectivity index (χ2n) is 9.74. The van der Waals surface area contributed by atoms with Crippen molar-refractivity contribution in [3.8, 4) is 0 Å². The van der Waals surface area contributed by atoms with Crippen LogP contribution >= 0.6 is 0 Å². The van der Waals surface area contributed by atoms with Crippen LogP contribution in [0.25, 0.3) is 5.65 Å². The van der Waals surface area contributed by atoms with E-state index in [0.717, 1.165) is 13.8 Å². The fraction of sp³-hybridized carbons (Fsp3) is 0.520. The van der Waals surface area contributed by atoms with Crippen molar-refractivity contribution in [1.29, 1.82) is 0 Å². The number of halogens is 6. The summed E-state index contributed by atoms with van der Waals surface area (Å²) in [7, 11) is 12.0. The maximum Gasteiger partial charge on any atom is 0.416 e. The Labute approximate surface area is 247 Å². The summed E-state index contributed by atoms with van der Waals surface area (Å²) in [4.78, 5) is 26.4. The number of aromatic nitrogens is 3. The van der Waals surface area contributed by atoms with Gasteiger partial charge in [-0.3, -0.25) is 4.79 Å². The van der Waals surface area contributed by atoms with Crippen LogP contribution in [-0.2, 0) is 20.7 Å². The fourth-order valence-electron chi connectivity index (χ4n) is 3.17. The van der Waals surface area contributed by atoms with Crippen molar-refractivity contribution in [2.75, 3.05) is 26.9 Å². The lowest BCUT2D eigenvalue weighted by Gasteiger charge is -2.35. The number of fused-ring (bicyclic) bond motifs is 1. The molecule has 3 rings (SSSR count). The van der Waals surface area contributed by atoms with E-state index in [9.17, 15) is 35.9 Å². The van der Waals surface area contributed by atoms with Gasteiger partial charge in [-0.25, -0.2) is 14.3 Å². The van der Waals surface area contributed by atoms with Crippen LogP contribution in [0.3, 0.4) is 0 Å². The molecule has 18 heteroatoms. The SMILES string of the molecule is C=C(C)C(=C)C(N)=O.CC(C)(OCCc1cn2ncccc2n1)C(F)(F)F.[B]C1([B])C(C(F)(F)F)NC(=O)N1CCOC. The number of nitrogens with one attached hydrogen (secondary N) is 1. The zero-order valence-corrected chi connectivity index (χ0v) is 24.1. The Balaban J connectivity index is 0.000000350. The van der Waals surface area contributed by atoms with Crippen molar-refractivity contribution < 1.29 is 45.4 Å². The summed E-state index contributed by atoms with van der Waals surface area (Å²) in [5.41, 5.74) is 4.92. The van der Waals surface area contributed by atoms with Crippen molar-refractivity contribution >= 4 is 33.3 Å². The van der Waals surface area contributed by atoms with Crippen LogP contribution in [0.4, 0.5) is 31.1 Å². The first-order chi connectivity index (χ1) is 19.6. The molecule has 3 heterocycles. The maximum absolute atomic E-state index is 12.6. The molecule has 0 aromatic carbocycles. The number of primary amides is 1. The maximum atomic E-state index is 12.6. The van der Waals surface area contributed by atoms with Crippen LogP contribution < -0.4 is 11.1 Å². The van der Waals surface area contributed by atoms with Crippen molar-refractivity contribution in [2.24, 2.45) is 5.73 Å². The molecule has 1 atom stereocenters. The quantitative estimate of drug-likeness (QED) is 0.194. The number of ether oxygens (including phenoxy) is 2. The normalized spacial score (nSPS) is 16.5. The van der Waals surface area contributed by atoms with Crippen molar-refractivity contribution in [3.63, 3.8) is 0 Å². The van der Waals surface area contributed by atoms with E-state index in [1.54, 1.807) is 41.3 Å². The van der Waals surface area contributed by atoms with E-state index in [4.69, 9.17) is 26.2 Å². The van der Waals surface area contributed by atoms with Crippen LogP contribution in [0, 0.1) is 0 Å². The molecule has 1 aliphatic rings. The molecular formula is C25H32B2F6N6O4. The Morgan fingerprint density at radius 1 is 1.19 bits per heavy atom. The highest BCUT2D eigenvalue weighted by molar-refractivity contribution is 6.42. The molecule has 10 nitrogen and oxygen atoms in total. The zero-order chi connectivity index (χ0) is 33.4. The number of nitrogens with two attached hydrogens (primary N) is 1. The molecule has 43 heavy (non-hydrogen) atoms. The monoisotopic (exact) mass is 616 g/mol. The van der Waals surface area contributed by atoms with E-state index >= 15 is 0 Å². The number of nitrogens with zero attached hydrogens (tertiary/aromatic N) is 4. The van der Waals surface area contributed by atoms with E-state index in [1.165, 1.54) is 7.11 Å². The number of urea groups is 1. The van der Waals surface area contributed by atoms with Gasteiger partial charge >= 0.3 is 18.4 Å². The summed E-state index contributed by atoms with van der Waals surface area (Å²) in [5, 5.41) is 3.43. The number of methoxy groups -OCH3 is 1. The minimum absolute atomic E-state index is 0.0452. The topological polar surface area (TPSA) is 124 Å². The second kappa shape index (κ2) is 14.8. The van der Waals surface area contributed by atoms with Crippen LogP contribution in [0.5, 0.6) is 0 Å². The third-order valence-corrected chi connectivity index (χ3v) is 5.89. The lowest BCUT2D eigenvalue weighted by Crippen LogP contribution is -2.59. The lowest BCUT2D eigenvalue weighted by molar-refractivity contribution is -0.263. The first-order valence-corrected chi connectivity index (χ1v) is 12.4. The minimum Gasteiger partial charge on any atom is -0.383 e. The molecule has 1 fully saturated rings. The molecule has 3 amide bonds. The predicted octanol–water partition coefficient (Wildman–Crippen LogP) is 2.81. The van der Waals surface area contributed by atoms with E-state index in [2.05, 4.69) is 28.0 Å². The molecule has 2 aromatic heterocycles. The molecule has 2 aromatic rings. The zero-order valence-electron chi connectivity index (χ0n) is 24.1. The number of imidazole rings is 1. The molecule has 234 valence electrons.